The maximum Gasteiger partial charge on any atom is 0.336 e. The predicted octanol–water partition coefficient (Wildman–Crippen LogP) is 2.31. The summed E-state index contributed by atoms with van der Waals surface area (Å²) in [5, 5.41) is 16.9. The second kappa shape index (κ2) is 16.0. The molecule has 124 valence electrons. The van der Waals surface area contributed by atoms with Crippen molar-refractivity contribution in [2.45, 2.75) is 60.6 Å². The molecule has 6 nitrogen and oxygen atoms in total. The number of aliphatic carboxylic acids is 2. The van der Waals surface area contributed by atoms with E-state index in [1.165, 1.54) is 25.7 Å². The minimum atomic E-state index is -1.48. The zero-order valence-electron chi connectivity index (χ0n) is 13.4. The molecule has 2 N–H and O–H groups in total. The van der Waals surface area contributed by atoms with E-state index in [0.717, 1.165) is 14.2 Å². The van der Waals surface area contributed by atoms with E-state index in [0.29, 0.717) is 0 Å². The Bertz CT molecular complexity index is 246. The summed E-state index contributed by atoms with van der Waals surface area (Å²) >= 11 is 0.149. The van der Waals surface area contributed by atoms with Crippen LogP contribution >= 0.6 is 0 Å². The van der Waals surface area contributed by atoms with Crippen molar-refractivity contribution in [2.75, 3.05) is 14.2 Å². The fourth-order valence-corrected chi connectivity index (χ4v) is 5.60. The smallest absolute Gasteiger partial charge is 0.336 e. The van der Waals surface area contributed by atoms with Gasteiger partial charge in [-0.05, 0) is 0 Å². The number of ether oxygens (including phenoxy) is 2. The van der Waals surface area contributed by atoms with Crippen molar-refractivity contribution >= 4 is 33.1 Å². The molecule has 0 aromatic carbocycles. The molecule has 0 heterocycles. The Morgan fingerprint density at radius 2 is 1.24 bits per heavy atom. The largest absolute Gasteiger partial charge is 0.479 e. The van der Waals surface area contributed by atoms with Crippen LogP contribution in [0.1, 0.15) is 39.5 Å². The number of rotatable bonds is 11. The fourth-order valence-electron chi connectivity index (χ4n) is 1.44. The van der Waals surface area contributed by atoms with E-state index in [1.807, 2.05) is 0 Å². The fraction of sp³-hybridized carbons (Fsp3) is 0.857. The second-order valence-electron chi connectivity index (χ2n) is 4.45. The quantitative estimate of drug-likeness (QED) is 0.401. The van der Waals surface area contributed by atoms with Gasteiger partial charge in [0, 0.05) is 14.2 Å². The Balaban J connectivity index is 0. The monoisotopic (exact) mass is 412 g/mol. The molecule has 2 atom stereocenters. The number of carboxylic acid groups (broad SMARTS) is 2. The van der Waals surface area contributed by atoms with Crippen LogP contribution in [0, 0.1) is 0 Å². The van der Waals surface area contributed by atoms with Gasteiger partial charge in [0.15, 0.2) is 12.2 Å². The van der Waals surface area contributed by atoms with Gasteiger partial charge in [-0.15, -0.1) is 0 Å². The van der Waals surface area contributed by atoms with Gasteiger partial charge < -0.3 is 19.7 Å². The maximum atomic E-state index is 10.4. The molecule has 0 aliphatic heterocycles. The SMILES string of the molecule is CCC[CH2][Sn][CH2]CCC.COC(C(=O)O)C(OC)C(=O)O. The van der Waals surface area contributed by atoms with Crippen molar-refractivity contribution in [3.8, 4) is 0 Å². The van der Waals surface area contributed by atoms with E-state index in [4.69, 9.17) is 10.2 Å². The molecule has 0 spiro atoms. The Morgan fingerprint density at radius 3 is 1.43 bits per heavy atom. The van der Waals surface area contributed by atoms with Gasteiger partial charge in [0.1, 0.15) is 0 Å². The molecule has 0 rings (SSSR count). The third-order valence-corrected chi connectivity index (χ3v) is 6.72. The van der Waals surface area contributed by atoms with Gasteiger partial charge in [-0.25, -0.2) is 9.59 Å². The van der Waals surface area contributed by atoms with Gasteiger partial charge >= 0.3 is 81.5 Å². The number of hydrogen-bond donors (Lipinski definition) is 2. The molecule has 21 heavy (non-hydrogen) atoms. The number of hydrogen-bond acceptors (Lipinski definition) is 4. The molecule has 0 bridgehead atoms. The molecule has 0 aromatic heterocycles. The predicted molar refractivity (Wildman–Crippen MR) is 82.0 cm³/mol. The van der Waals surface area contributed by atoms with Crippen LogP contribution in [0.25, 0.3) is 0 Å². The molecule has 0 amide bonds. The average molecular weight is 411 g/mol. The van der Waals surface area contributed by atoms with Crippen LogP contribution in [0.2, 0.25) is 8.87 Å². The maximum absolute atomic E-state index is 10.4. The van der Waals surface area contributed by atoms with Gasteiger partial charge in [-0.1, -0.05) is 0 Å². The van der Waals surface area contributed by atoms with Crippen LogP contribution in [0.5, 0.6) is 0 Å². The van der Waals surface area contributed by atoms with Gasteiger partial charge in [0.05, 0.1) is 0 Å². The summed E-state index contributed by atoms with van der Waals surface area (Å²) in [4.78, 5) is 20.7. The Labute approximate surface area is 137 Å². The Morgan fingerprint density at radius 1 is 0.905 bits per heavy atom. The molecule has 0 saturated heterocycles. The summed E-state index contributed by atoms with van der Waals surface area (Å²) in [7, 11) is 2.21. The first kappa shape index (κ1) is 22.9. The van der Waals surface area contributed by atoms with Gasteiger partial charge in [-0.3, -0.25) is 0 Å². The van der Waals surface area contributed by atoms with Crippen molar-refractivity contribution in [1.82, 2.24) is 0 Å². The van der Waals surface area contributed by atoms with E-state index in [9.17, 15) is 9.59 Å². The third kappa shape index (κ3) is 13.1. The van der Waals surface area contributed by atoms with Crippen LogP contribution in [-0.4, -0.2) is 69.7 Å². The summed E-state index contributed by atoms with van der Waals surface area (Å²) in [5.74, 6) is -2.74. The zero-order chi connectivity index (χ0) is 16.7. The summed E-state index contributed by atoms with van der Waals surface area (Å²) in [6, 6.07) is 0. The van der Waals surface area contributed by atoms with Gasteiger partial charge in [-0.2, -0.15) is 0 Å². The van der Waals surface area contributed by atoms with Crippen molar-refractivity contribution in [3.05, 3.63) is 0 Å². The number of carbonyl (C=O) groups is 2. The first-order valence-corrected chi connectivity index (χ1v) is 11.2. The molecule has 0 aromatic rings. The summed E-state index contributed by atoms with van der Waals surface area (Å²) in [6.07, 6.45) is 2.88. The standard InChI is InChI=1S/C6H10O6.2C4H9.Sn/c1-11-3(5(7)8)4(12-2)6(9)10;2*1-3-4-2;/h3-4H,1-2H3,(H,7,8)(H,9,10);2*1,3-4H2,2H3;. The van der Waals surface area contributed by atoms with Crippen molar-refractivity contribution in [2.24, 2.45) is 0 Å². The topological polar surface area (TPSA) is 93.1 Å². The molecule has 0 fully saturated rings. The molecule has 2 unspecified atom stereocenters. The second-order valence-corrected chi connectivity index (χ2v) is 8.73. The number of unbranched alkanes of at least 4 members (excludes halogenated alkanes) is 2. The van der Waals surface area contributed by atoms with Crippen molar-refractivity contribution in [1.29, 1.82) is 0 Å². The minimum Gasteiger partial charge on any atom is -0.479 e. The molecule has 7 heteroatoms. The molecular formula is C14H28O6Sn. The first-order valence-electron chi connectivity index (χ1n) is 7.18. The molecule has 0 saturated carbocycles. The van der Waals surface area contributed by atoms with Crippen LogP contribution in [0.4, 0.5) is 0 Å². The van der Waals surface area contributed by atoms with E-state index < -0.39 is 24.1 Å². The van der Waals surface area contributed by atoms with Crippen LogP contribution in [-0.2, 0) is 19.1 Å². The molecular weight excluding hydrogens is 383 g/mol. The van der Waals surface area contributed by atoms with E-state index >= 15 is 0 Å². The van der Waals surface area contributed by atoms with Crippen LogP contribution in [0.15, 0.2) is 0 Å². The first-order chi connectivity index (χ1) is 9.95. The van der Waals surface area contributed by atoms with E-state index in [-0.39, 0.29) is 21.1 Å². The zero-order valence-corrected chi connectivity index (χ0v) is 16.3. The van der Waals surface area contributed by atoms with Crippen molar-refractivity contribution in [3.63, 3.8) is 0 Å². The average Bonchev–Trinajstić information content (AvgIpc) is 2.44. The Kier molecular flexibility index (Phi) is 17.5. The van der Waals surface area contributed by atoms with Gasteiger partial charge in [0.2, 0.25) is 0 Å². The normalized spacial score (nSPS) is 13.0. The summed E-state index contributed by atoms with van der Waals surface area (Å²) in [5.41, 5.74) is 0. The van der Waals surface area contributed by atoms with Crippen LogP contribution < -0.4 is 0 Å². The summed E-state index contributed by atoms with van der Waals surface area (Å²) < 4.78 is 12.1. The minimum absolute atomic E-state index is 0.149. The van der Waals surface area contributed by atoms with E-state index in [1.54, 1.807) is 8.87 Å². The van der Waals surface area contributed by atoms with Crippen LogP contribution in [0.3, 0.4) is 0 Å². The van der Waals surface area contributed by atoms with Crippen molar-refractivity contribution < 1.29 is 29.3 Å². The number of methoxy groups -OCH3 is 2. The Hall–Kier alpha value is -0.341. The molecule has 0 aliphatic carbocycles. The van der Waals surface area contributed by atoms with Gasteiger partial charge in [0.25, 0.3) is 0 Å². The molecule has 2 radical (unpaired) electrons. The van der Waals surface area contributed by atoms with E-state index in [2.05, 4.69) is 23.3 Å². The molecule has 0 aliphatic rings. The summed E-state index contributed by atoms with van der Waals surface area (Å²) in [6.45, 7) is 4.58. The third-order valence-electron chi connectivity index (χ3n) is 2.68. The number of carboxylic acids is 2.